The van der Waals surface area contributed by atoms with Gasteiger partial charge in [0.15, 0.2) is 0 Å². The van der Waals surface area contributed by atoms with Crippen LogP contribution >= 0.6 is 11.6 Å². The van der Waals surface area contributed by atoms with Crippen LogP contribution in [0.25, 0.3) is 0 Å². The number of nitrogens with zero attached hydrogens (tertiary/aromatic N) is 2. The van der Waals surface area contributed by atoms with E-state index in [1.54, 1.807) is 25.1 Å². The largest absolute Gasteiger partial charge is 0.466 e. The number of rotatable bonds is 5. The van der Waals surface area contributed by atoms with Gasteiger partial charge in [-0.1, -0.05) is 11.6 Å². The van der Waals surface area contributed by atoms with Crippen LogP contribution in [-0.2, 0) is 14.3 Å². The van der Waals surface area contributed by atoms with E-state index >= 15 is 0 Å². The molecule has 1 amide bonds. The van der Waals surface area contributed by atoms with Gasteiger partial charge in [0.1, 0.15) is 6.07 Å². The van der Waals surface area contributed by atoms with Crippen LogP contribution in [0.3, 0.4) is 0 Å². The quantitative estimate of drug-likeness (QED) is 0.813. The third-order valence-corrected chi connectivity index (χ3v) is 4.75. The van der Waals surface area contributed by atoms with Gasteiger partial charge in [0, 0.05) is 5.69 Å². The maximum atomic E-state index is 12.4. The van der Waals surface area contributed by atoms with Crippen LogP contribution in [0.1, 0.15) is 32.3 Å². The molecule has 1 heterocycles. The predicted molar refractivity (Wildman–Crippen MR) is 95.2 cm³/mol. The lowest BCUT2D eigenvalue weighted by Crippen LogP contribution is -2.47. The number of hydrogen-bond donors (Lipinski definition) is 1. The molecule has 0 saturated carbocycles. The van der Waals surface area contributed by atoms with Gasteiger partial charge in [0.25, 0.3) is 0 Å². The zero-order chi connectivity index (χ0) is 18.4. The molecule has 7 heteroatoms. The summed E-state index contributed by atoms with van der Waals surface area (Å²) in [5.74, 6) is -0.370. The molecule has 0 radical (unpaired) electrons. The Balaban J connectivity index is 1.90. The van der Waals surface area contributed by atoms with Crippen molar-refractivity contribution in [2.45, 2.75) is 32.7 Å². The number of likely N-dealkylation sites (tertiary alicyclic amines) is 1. The van der Waals surface area contributed by atoms with E-state index in [1.165, 1.54) is 0 Å². The molecule has 1 aliphatic heterocycles. The number of amides is 1. The number of carbonyl (C=O) groups excluding carboxylic acids is 2. The molecule has 6 nitrogen and oxygen atoms in total. The Kier molecular flexibility index (Phi) is 6.80. The molecule has 2 rings (SSSR count). The van der Waals surface area contributed by atoms with E-state index in [-0.39, 0.29) is 23.8 Å². The molecule has 0 spiro atoms. The lowest BCUT2D eigenvalue weighted by molar-refractivity contribution is -0.149. The first-order valence-electron chi connectivity index (χ1n) is 8.37. The zero-order valence-electron chi connectivity index (χ0n) is 14.4. The molecule has 0 aromatic heterocycles. The first kappa shape index (κ1) is 19.2. The highest BCUT2D eigenvalue weighted by Gasteiger charge is 2.30. The fourth-order valence-corrected chi connectivity index (χ4v) is 3.10. The third kappa shape index (κ3) is 4.94. The molecule has 1 N–H and O–H groups in total. The second-order valence-corrected chi connectivity index (χ2v) is 6.44. The van der Waals surface area contributed by atoms with Crippen molar-refractivity contribution < 1.29 is 14.3 Å². The van der Waals surface area contributed by atoms with Crippen LogP contribution in [0.15, 0.2) is 18.2 Å². The van der Waals surface area contributed by atoms with E-state index in [2.05, 4.69) is 10.2 Å². The first-order valence-corrected chi connectivity index (χ1v) is 8.75. The van der Waals surface area contributed by atoms with E-state index in [0.717, 1.165) is 0 Å². The number of piperidine rings is 1. The summed E-state index contributed by atoms with van der Waals surface area (Å²) >= 11 is 5.98. The smallest absolute Gasteiger partial charge is 0.309 e. The van der Waals surface area contributed by atoms with Crippen LogP contribution in [0.5, 0.6) is 0 Å². The van der Waals surface area contributed by atoms with Gasteiger partial charge >= 0.3 is 5.97 Å². The lowest BCUT2D eigenvalue weighted by Gasteiger charge is -2.34. The summed E-state index contributed by atoms with van der Waals surface area (Å²) in [4.78, 5) is 26.3. The van der Waals surface area contributed by atoms with Crippen LogP contribution in [0.2, 0.25) is 5.02 Å². The van der Waals surface area contributed by atoms with E-state index in [0.29, 0.717) is 48.8 Å². The Hall–Kier alpha value is -2.10. The normalized spacial score (nSPS) is 16.7. The number of ether oxygens (including phenoxy) is 1. The summed E-state index contributed by atoms with van der Waals surface area (Å²) in [6, 6.07) is 6.46. The summed E-state index contributed by atoms with van der Waals surface area (Å²) in [7, 11) is 0. The number of hydrogen-bond acceptors (Lipinski definition) is 5. The molecule has 1 atom stereocenters. The number of carbonyl (C=O) groups is 2. The number of nitriles is 1. The van der Waals surface area contributed by atoms with Gasteiger partial charge in [0.05, 0.1) is 29.2 Å². The Morgan fingerprint density at radius 2 is 2.12 bits per heavy atom. The fraction of sp³-hybridized carbons (Fsp3) is 0.500. The molecule has 134 valence electrons. The molecular weight excluding hydrogens is 342 g/mol. The molecule has 25 heavy (non-hydrogen) atoms. The Morgan fingerprint density at radius 1 is 1.44 bits per heavy atom. The van der Waals surface area contributed by atoms with Gasteiger partial charge in [-0.05, 0) is 58.0 Å². The van der Waals surface area contributed by atoms with E-state index in [4.69, 9.17) is 21.6 Å². The molecule has 1 aliphatic rings. The highest BCUT2D eigenvalue weighted by Crippen LogP contribution is 2.23. The SMILES string of the molecule is CCOC(=O)C1CCN(C(C)C(=O)Nc2ccc(C#N)c(Cl)c2)CC1. The van der Waals surface area contributed by atoms with Crippen molar-refractivity contribution in [3.8, 4) is 6.07 Å². The van der Waals surface area contributed by atoms with Crippen molar-refractivity contribution in [2.24, 2.45) is 5.92 Å². The van der Waals surface area contributed by atoms with Gasteiger partial charge in [-0.15, -0.1) is 0 Å². The van der Waals surface area contributed by atoms with Gasteiger partial charge in [-0.25, -0.2) is 0 Å². The van der Waals surface area contributed by atoms with Crippen LogP contribution in [-0.4, -0.2) is 42.5 Å². The molecule has 0 bridgehead atoms. The molecule has 1 aromatic carbocycles. The average molecular weight is 364 g/mol. The van der Waals surface area contributed by atoms with E-state index in [1.807, 2.05) is 13.0 Å². The number of esters is 1. The van der Waals surface area contributed by atoms with Crippen molar-refractivity contribution >= 4 is 29.2 Å². The lowest BCUT2D eigenvalue weighted by atomic mass is 9.96. The van der Waals surface area contributed by atoms with Crippen molar-refractivity contribution in [1.82, 2.24) is 4.90 Å². The minimum Gasteiger partial charge on any atom is -0.466 e. The van der Waals surface area contributed by atoms with Crippen molar-refractivity contribution in [1.29, 1.82) is 5.26 Å². The summed E-state index contributed by atoms with van der Waals surface area (Å²) < 4.78 is 5.06. The maximum Gasteiger partial charge on any atom is 0.309 e. The molecule has 1 saturated heterocycles. The minimum absolute atomic E-state index is 0.0798. The standard InChI is InChI=1S/C18H22ClN3O3/c1-3-25-18(24)13-6-8-22(9-7-13)12(2)17(23)21-15-5-4-14(11-20)16(19)10-15/h4-5,10,12-13H,3,6-9H2,1-2H3,(H,21,23). The number of halogens is 1. The van der Waals surface area contributed by atoms with Gasteiger partial charge < -0.3 is 10.1 Å². The number of anilines is 1. The Bertz CT molecular complexity index is 679. The van der Waals surface area contributed by atoms with Crippen LogP contribution in [0, 0.1) is 17.2 Å². The minimum atomic E-state index is -0.322. The average Bonchev–Trinajstić information content (AvgIpc) is 2.61. The van der Waals surface area contributed by atoms with Gasteiger partial charge in [-0.2, -0.15) is 5.26 Å². The monoisotopic (exact) mass is 363 g/mol. The third-order valence-electron chi connectivity index (χ3n) is 4.43. The molecular formula is C18H22ClN3O3. The molecule has 0 aliphatic carbocycles. The van der Waals surface area contributed by atoms with Crippen molar-refractivity contribution in [3.63, 3.8) is 0 Å². The Morgan fingerprint density at radius 3 is 2.68 bits per heavy atom. The van der Waals surface area contributed by atoms with Crippen LogP contribution < -0.4 is 5.32 Å². The van der Waals surface area contributed by atoms with Gasteiger partial charge in [0.2, 0.25) is 5.91 Å². The first-order chi connectivity index (χ1) is 12.0. The highest BCUT2D eigenvalue weighted by atomic mass is 35.5. The maximum absolute atomic E-state index is 12.4. The van der Waals surface area contributed by atoms with Gasteiger partial charge in [-0.3, -0.25) is 14.5 Å². The number of nitrogens with one attached hydrogen (secondary N) is 1. The Labute approximate surface area is 152 Å². The highest BCUT2D eigenvalue weighted by molar-refractivity contribution is 6.32. The molecule has 1 fully saturated rings. The topological polar surface area (TPSA) is 82.4 Å². The van der Waals surface area contributed by atoms with Crippen molar-refractivity contribution in [2.75, 3.05) is 25.0 Å². The second kappa shape index (κ2) is 8.84. The number of benzene rings is 1. The molecule has 1 unspecified atom stereocenters. The molecule has 1 aromatic rings. The van der Waals surface area contributed by atoms with Crippen LogP contribution in [0.4, 0.5) is 5.69 Å². The summed E-state index contributed by atoms with van der Waals surface area (Å²) in [6.07, 6.45) is 1.39. The summed E-state index contributed by atoms with van der Waals surface area (Å²) in [6.45, 7) is 5.38. The zero-order valence-corrected chi connectivity index (χ0v) is 15.2. The summed E-state index contributed by atoms with van der Waals surface area (Å²) in [5.41, 5.74) is 0.927. The van der Waals surface area contributed by atoms with Crippen molar-refractivity contribution in [3.05, 3.63) is 28.8 Å². The van der Waals surface area contributed by atoms with E-state index < -0.39 is 0 Å². The summed E-state index contributed by atoms with van der Waals surface area (Å²) in [5, 5.41) is 12.0. The fourth-order valence-electron chi connectivity index (χ4n) is 2.88. The predicted octanol–water partition coefficient (Wildman–Crippen LogP) is 2.81. The second-order valence-electron chi connectivity index (χ2n) is 6.03. The van der Waals surface area contributed by atoms with E-state index in [9.17, 15) is 9.59 Å².